The molecule has 21 heavy (non-hydrogen) atoms. The summed E-state index contributed by atoms with van der Waals surface area (Å²) in [4.78, 5) is 25.1. The van der Waals surface area contributed by atoms with Crippen LogP contribution in [0.3, 0.4) is 0 Å². The summed E-state index contributed by atoms with van der Waals surface area (Å²) >= 11 is 0. The largest absolute Gasteiger partial charge is 0.395 e. The van der Waals surface area contributed by atoms with E-state index in [1.807, 2.05) is 0 Å². The van der Waals surface area contributed by atoms with Gasteiger partial charge in [-0.1, -0.05) is 11.8 Å². The zero-order chi connectivity index (χ0) is 15.8. The number of hydrogen-bond donors (Lipinski definition) is 2. The van der Waals surface area contributed by atoms with Gasteiger partial charge in [-0.05, 0) is 31.2 Å². The molecule has 0 aliphatic carbocycles. The highest BCUT2D eigenvalue weighted by Crippen LogP contribution is 2.04. The van der Waals surface area contributed by atoms with Gasteiger partial charge in [-0.15, -0.1) is 0 Å². The number of aliphatic hydroxyl groups is 1. The van der Waals surface area contributed by atoms with Crippen molar-refractivity contribution in [1.29, 1.82) is 0 Å². The average Bonchev–Trinajstić information content (AvgIpc) is 2.47. The monoisotopic (exact) mass is 288 g/mol. The second kappa shape index (κ2) is 8.08. The molecule has 0 aliphatic heterocycles. The Morgan fingerprint density at radius 2 is 1.90 bits per heavy atom. The summed E-state index contributed by atoms with van der Waals surface area (Å²) in [5, 5.41) is 11.3. The van der Waals surface area contributed by atoms with Gasteiger partial charge in [0.25, 0.3) is 5.91 Å². The maximum absolute atomic E-state index is 12.0. The summed E-state index contributed by atoms with van der Waals surface area (Å²) in [5.74, 6) is 5.24. The summed E-state index contributed by atoms with van der Waals surface area (Å²) in [6.45, 7) is 1.68. The average molecular weight is 288 g/mol. The van der Waals surface area contributed by atoms with Gasteiger partial charge in [-0.2, -0.15) is 0 Å². The number of rotatable bonds is 4. The van der Waals surface area contributed by atoms with E-state index in [-0.39, 0.29) is 18.4 Å². The lowest BCUT2D eigenvalue weighted by molar-refractivity contribution is -0.130. The topological polar surface area (TPSA) is 69.6 Å². The Morgan fingerprint density at radius 3 is 2.43 bits per heavy atom. The smallest absolute Gasteiger partial charge is 0.251 e. The van der Waals surface area contributed by atoms with E-state index in [1.165, 1.54) is 4.90 Å². The number of carbonyl (C=O) groups excluding carboxylic acids is 2. The van der Waals surface area contributed by atoms with E-state index in [0.29, 0.717) is 12.0 Å². The van der Waals surface area contributed by atoms with Crippen molar-refractivity contribution in [3.8, 4) is 11.8 Å². The van der Waals surface area contributed by atoms with Gasteiger partial charge >= 0.3 is 0 Å². The van der Waals surface area contributed by atoms with Crippen LogP contribution in [0.4, 0.5) is 0 Å². The second-order valence-electron chi connectivity index (χ2n) is 4.78. The number of amides is 2. The molecule has 5 heteroatoms. The lowest BCUT2D eigenvalue weighted by atomic mass is 10.1. The summed E-state index contributed by atoms with van der Waals surface area (Å²) in [6.07, 6.45) is 0.423. The maximum atomic E-state index is 12.0. The van der Waals surface area contributed by atoms with Gasteiger partial charge in [0.1, 0.15) is 6.04 Å². The molecule has 1 aromatic carbocycles. The van der Waals surface area contributed by atoms with E-state index in [1.54, 1.807) is 45.3 Å². The molecule has 0 aromatic heterocycles. The quantitative estimate of drug-likeness (QED) is 0.798. The normalized spacial score (nSPS) is 11.0. The predicted octanol–water partition coefficient (Wildman–Crippen LogP) is 0.627. The Balaban J connectivity index is 2.68. The molecule has 1 atom stereocenters. The van der Waals surface area contributed by atoms with Crippen LogP contribution < -0.4 is 5.32 Å². The molecule has 0 saturated heterocycles. The third-order valence-electron chi connectivity index (χ3n) is 2.78. The van der Waals surface area contributed by atoms with Gasteiger partial charge in [0.2, 0.25) is 5.91 Å². The summed E-state index contributed by atoms with van der Waals surface area (Å²) in [5.41, 5.74) is 1.25. The van der Waals surface area contributed by atoms with Crippen LogP contribution >= 0.6 is 0 Å². The van der Waals surface area contributed by atoms with E-state index in [9.17, 15) is 9.59 Å². The van der Waals surface area contributed by atoms with Crippen molar-refractivity contribution in [3.05, 3.63) is 35.4 Å². The molecule has 0 saturated carbocycles. The first-order valence-electron chi connectivity index (χ1n) is 6.67. The molecule has 1 unspecified atom stereocenters. The van der Waals surface area contributed by atoms with Gasteiger partial charge in [0.15, 0.2) is 0 Å². The van der Waals surface area contributed by atoms with Crippen molar-refractivity contribution < 1.29 is 14.7 Å². The van der Waals surface area contributed by atoms with Crippen molar-refractivity contribution in [2.24, 2.45) is 0 Å². The summed E-state index contributed by atoms with van der Waals surface area (Å²) < 4.78 is 0. The second-order valence-corrected chi connectivity index (χ2v) is 4.78. The molecule has 0 spiro atoms. The Hall–Kier alpha value is -2.32. The van der Waals surface area contributed by atoms with E-state index in [2.05, 4.69) is 17.2 Å². The van der Waals surface area contributed by atoms with E-state index < -0.39 is 6.04 Å². The first-order chi connectivity index (χ1) is 9.95. The minimum absolute atomic E-state index is 0.0330. The Morgan fingerprint density at radius 1 is 1.29 bits per heavy atom. The van der Waals surface area contributed by atoms with Crippen molar-refractivity contribution in [3.63, 3.8) is 0 Å². The van der Waals surface area contributed by atoms with Crippen LogP contribution in [0.2, 0.25) is 0 Å². The number of benzene rings is 1. The van der Waals surface area contributed by atoms with Crippen LogP contribution in [0.25, 0.3) is 0 Å². The number of nitrogens with zero attached hydrogens (tertiary/aromatic N) is 1. The van der Waals surface area contributed by atoms with Crippen molar-refractivity contribution in [2.45, 2.75) is 19.4 Å². The molecule has 2 amide bonds. The maximum Gasteiger partial charge on any atom is 0.251 e. The SMILES string of the molecule is CC(NC(=O)c1ccc(C#CCCO)cc1)C(=O)N(C)C. The van der Waals surface area contributed by atoms with Crippen molar-refractivity contribution in [1.82, 2.24) is 10.2 Å². The van der Waals surface area contributed by atoms with E-state index >= 15 is 0 Å². The van der Waals surface area contributed by atoms with Gasteiger partial charge in [0, 0.05) is 31.6 Å². The minimum atomic E-state index is -0.573. The van der Waals surface area contributed by atoms with Crippen molar-refractivity contribution >= 4 is 11.8 Å². The van der Waals surface area contributed by atoms with E-state index in [0.717, 1.165) is 5.56 Å². The molecule has 0 bridgehead atoms. The minimum Gasteiger partial charge on any atom is -0.395 e. The third kappa shape index (κ3) is 5.28. The Kier molecular flexibility index (Phi) is 6.44. The van der Waals surface area contributed by atoms with Crippen molar-refractivity contribution in [2.75, 3.05) is 20.7 Å². The molecule has 1 rings (SSSR count). The number of aliphatic hydroxyl groups excluding tert-OH is 1. The van der Waals surface area contributed by atoms with Crippen LogP contribution in [0.1, 0.15) is 29.3 Å². The summed E-state index contributed by atoms with van der Waals surface area (Å²) in [6, 6.07) is 6.21. The van der Waals surface area contributed by atoms with Gasteiger partial charge in [0.05, 0.1) is 6.61 Å². The highest BCUT2D eigenvalue weighted by atomic mass is 16.2. The lowest BCUT2D eigenvalue weighted by Gasteiger charge is -2.17. The fourth-order valence-corrected chi connectivity index (χ4v) is 1.65. The molecule has 0 fully saturated rings. The molecule has 112 valence electrons. The third-order valence-corrected chi connectivity index (χ3v) is 2.78. The summed E-state index contributed by atoms with van der Waals surface area (Å²) in [7, 11) is 3.29. The molecule has 0 aliphatic rings. The highest BCUT2D eigenvalue weighted by Gasteiger charge is 2.17. The fourth-order valence-electron chi connectivity index (χ4n) is 1.65. The number of nitrogens with one attached hydrogen (secondary N) is 1. The zero-order valence-corrected chi connectivity index (χ0v) is 12.5. The molecule has 2 N–H and O–H groups in total. The number of hydrogen-bond acceptors (Lipinski definition) is 3. The molecule has 1 aromatic rings. The first kappa shape index (κ1) is 16.7. The number of carbonyl (C=O) groups is 2. The van der Waals surface area contributed by atoms with Crippen LogP contribution in [0, 0.1) is 11.8 Å². The molecular formula is C16H20N2O3. The molecule has 0 heterocycles. The van der Waals surface area contributed by atoms with Gasteiger partial charge < -0.3 is 15.3 Å². The molecule has 5 nitrogen and oxygen atoms in total. The van der Waals surface area contributed by atoms with E-state index in [4.69, 9.17) is 5.11 Å². The highest BCUT2D eigenvalue weighted by molar-refractivity contribution is 5.97. The molecular weight excluding hydrogens is 268 g/mol. The van der Waals surface area contributed by atoms with Gasteiger partial charge in [-0.3, -0.25) is 9.59 Å². The van der Waals surface area contributed by atoms with Crippen LogP contribution in [0.5, 0.6) is 0 Å². The standard InChI is InChI=1S/C16H20N2O3/c1-12(16(21)18(2)3)17-15(20)14-9-7-13(8-10-14)6-4-5-11-19/h7-10,12,19H,5,11H2,1-3H3,(H,17,20). The van der Waals surface area contributed by atoms with Crippen LogP contribution in [-0.2, 0) is 4.79 Å². The van der Waals surface area contributed by atoms with Crippen LogP contribution in [-0.4, -0.2) is 48.6 Å². The van der Waals surface area contributed by atoms with Gasteiger partial charge in [-0.25, -0.2) is 0 Å². The van der Waals surface area contributed by atoms with Crippen LogP contribution in [0.15, 0.2) is 24.3 Å². The zero-order valence-electron chi connectivity index (χ0n) is 12.5. The lowest BCUT2D eigenvalue weighted by Crippen LogP contribution is -2.44. The predicted molar refractivity (Wildman–Crippen MR) is 80.6 cm³/mol. The Bertz CT molecular complexity index is 553. The molecule has 0 radical (unpaired) electrons. The first-order valence-corrected chi connectivity index (χ1v) is 6.67. The number of likely N-dealkylation sites (N-methyl/N-ethyl adjacent to an activating group) is 1. The fraction of sp³-hybridized carbons (Fsp3) is 0.375. The Labute approximate surface area is 125 Å².